The maximum Gasteiger partial charge on any atom is 0.243 e. The van der Waals surface area contributed by atoms with Gasteiger partial charge in [0.15, 0.2) is 11.4 Å². The summed E-state index contributed by atoms with van der Waals surface area (Å²) in [5, 5.41) is 9.38. The van der Waals surface area contributed by atoms with Crippen LogP contribution in [0.5, 0.6) is 5.75 Å². The van der Waals surface area contributed by atoms with Gasteiger partial charge in [-0.1, -0.05) is 30.3 Å². The van der Waals surface area contributed by atoms with E-state index in [0.29, 0.717) is 30.4 Å². The minimum atomic E-state index is 0.381. The van der Waals surface area contributed by atoms with Crippen molar-refractivity contribution in [1.82, 2.24) is 24.0 Å². The van der Waals surface area contributed by atoms with E-state index < -0.39 is 0 Å². The van der Waals surface area contributed by atoms with E-state index in [4.69, 9.17) is 9.72 Å². The highest BCUT2D eigenvalue weighted by Crippen LogP contribution is 2.40. The van der Waals surface area contributed by atoms with Crippen molar-refractivity contribution >= 4 is 28.3 Å². The average Bonchev–Trinajstić information content (AvgIpc) is 3.49. The summed E-state index contributed by atoms with van der Waals surface area (Å²) >= 11 is 1.50. The second kappa shape index (κ2) is 8.05. The molecule has 0 radical (unpaired) electrons. The summed E-state index contributed by atoms with van der Waals surface area (Å²) in [5.41, 5.74) is 1.86. The van der Waals surface area contributed by atoms with Crippen molar-refractivity contribution in [3.63, 3.8) is 0 Å². The van der Waals surface area contributed by atoms with Gasteiger partial charge in [0.05, 0.1) is 0 Å². The molecular weight excluding hydrogens is 422 g/mol. The van der Waals surface area contributed by atoms with Gasteiger partial charge in [0.1, 0.15) is 12.4 Å². The second-order valence-electron chi connectivity index (χ2n) is 8.65. The lowest BCUT2D eigenvalue weighted by Crippen LogP contribution is -2.48. The molecule has 1 saturated carbocycles. The van der Waals surface area contributed by atoms with Crippen LogP contribution in [-0.4, -0.2) is 43.1 Å². The Hall–Kier alpha value is -3.20. The number of pyridine rings is 1. The Balaban J connectivity index is 1.18. The van der Waals surface area contributed by atoms with Crippen molar-refractivity contribution in [2.24, 2.45) is 11.8 Å². The molecule has 3 aromatic heterocycles. The zero-order valence-electron chi connectivity index (χ0n) is 17.9. The Kier molecular flexibility index (Phi) is 4.90. The normalized spacial score (nSPS) is 22.4. The number of rotatable bonds is 6. The first kappa shape index (κ1) is 19.5. The molecule has 1 aromatic carbocycles. The zero-order chi connectivity index (χ0) is 21.5. The van der Waals surface area contributed by atoms with Gasteiger partial charge in [-0.15, -0.1) is 5.10 Å². The summed E-state index contributed by atoms with van der Waals surface area (Å²) < 4.78 is 12.2. The smallest absolute Gasteiger partial charge is 0.243 e. The number of hydrogen-bond donors (Lipinski definition) is 1. The maximum absolute atomic E-state index is 6.06. The highest BCUT2D eigenvalue weighted by molar-refractivity contribution is 7.09. The number of anilines is 2. The number of nitrogens with zero attached hydrogens (tertiary/aromatic N) is 6. The number of aryl methyl sites for hydroxylation is 1. The largest absolute Gasteiger partial charge is 0.485 e. The fourth-order valence-corrected chi connectivity index (χ4v) is 5.66. The molecule has 3 atom stereocenters. The monoisotopic (exact) mass is 447 g/mol. The summed E-state index contributed by atoms with van der Waals surface area (Å²) in [6, 6.07) is 14.4. The van der Waals surface area contributed by atoms with Gasteiger partial charge in [0.2, 0.25) is 11.1 Å². The van der Waals surface area contributed by atoms with E-state index in [1.54, 1.807) is 4.52 Å². The van der Waals surface area contributed by atoms with Gasteiger partial charge in [-0.25, -0.2) is 9.50 Å². The molecule has 4 heterocycles. The summed E-state index contributed by atoms with van der Waals surface area (Å²) in [7, 11) is 0. The first-order valence-electron chi connectivity index (χ1n) is 11.1. The molecule has 0 spiro atoms. The molecule has 164 valence electrons. The molecule has 32 heavy (non-hydrogen) atoms. The predicted molar refractivity (Wildman–Crippen MR) is 124 cm³/mol. The van der Waals surface area contributed by atoms with Gasteiger partial charge >= 0.3 is 0 Å². The Bertz CT molecular complexity index is 1210. The molecule has 2 fully saturated rings. The summed E-state index contributed by atoms with van der Waals surface area (Å²) in [5.74, 6) is 3.37. The molecule has 4 aromatic rings. The van der Waals surface area contributed by atoms with E-state index in [0.717, 1.165) is 41.0 Å². The Morgan fingerprint density at radius 3 is 2.62 bits per heavy atom. The quantitative estimate of drug-likeness (QED) is 0.482. The lowest BCUT2D eigenvalue weighted by molar-refractivity contribution is 0.308. The standard InChI is InChI=1S/C23H25N7OS/c1-15-24-23(32-28-15)29-12-17-9-10-18(13-29)20(17)25-22-26-21-19(8-5-11-30(21)27-22)31-14-16-6-3-2-4-7-16/h2-8,11,17-18,20H,9-10,12-14H2,1H3,(H,25,27)/t17-,18+,20?. The number of nitrogens with one attached hydrogen (secondary N) is 1. The van der Waals surface area contributed by atoms with Crippen LogP contribution in [0.3, 0.4) is 0 Å². The first-order chi connectivity index (χ1) is 15.7. The van der Waals surface area contributed by atoms with Gasteiger partial charge in [0.25, 0.3) is 0 Å². The van der Waals surface area contributed by atoms with Crippen LogP contribution in [0.4, 0.5) is 11.1 Å². The summed E-state index contributed by atoms with van der Waals surface area (Å²) in [6.45, 7) is 4.46. The molecule has 2 aliphatic rings. The van der Waals surface area contributed by atoms with Gasteiger partial charge in [0, 0.05) is 36.9 Å². The van der Waals surface area contributed by atoms with Crippen LogP contribution in [-0.2, 0) is 6.61 Å². The van der Waals surface area contributed by atoms with E-state index in [2.05, 4.69) is 36.8 Å². The molecule has 1 saturated heterocycles. The van der Waals surface area contributed by atoms with Crippen molar-refractivity contribution in [2.75, 3.05) is 23.3 Å². The van der Waals surface area contributed by atoms with Crippen LogP contribution in [0.1, 0.15) is 24.2 Å². The van der Waals surface area contributed by atoms with E-state index in [9.17, 15) is 0 Å². The second-order valence-corrected chi connectivity index (χ2v) is 9.38. The fraction of sp³-hybridized carbons (Fsp3) is 0.391. The van der Waals surface area contributed by atoms with Gasteiger partial charge in [-0.3, -0.25) is 0 Å². The maximum atomic E-state index is 6.06. The van der Waals surface area contributed by atoms with Crippen molar-refractivity contribution in [2.45, 2.75) is 32.4 Å². The number of fused-ring (bicyclic) bond motifs is 3. The van der Waals surface area contributed by atoms with Crippen LogP contribution >= 0.6 is 11.5 Å². The minimum Gasteiger partial charge on any atom is -0.485 e. The SMILES string of the molecule is Cc1nsc(N2C[C@H]3CC[C@@H](C2)C3Nc2nc3c(OCc4ccccc4)cccn3n2)n1. The molecule has 1 N–H and O–H groups in total. The molecule has 2 bridgehead atoms. The van der Waals surface area contributed by atoms with Crippen molar-refractivity contribution in [3.8, 4) is 5.75 Å². The third-order valence-electron chi connectivity index (χ3n) is 6.48. The number of hydrogen-bond acceptors (Lipinski definition) is 8. The van der Waals surface area contributed by atoms with E-state index in [1.807, 2.05) is 43.5 Å². The molecule has 1 aliphatic carbocycles. The van der Waals surface area contributed by atoms with Crippen molar-refractivity contribution in [3.05, 3.63) is 60.0 Å². The third kappa shape index (κ3) is 3.66. The topological polar surface area (TPSA) is 80.5 Å². The van der Waals surface area contributed by atoms with Crippen LogP contribution < -0.4 is 15.0 Å². The lowest BCUT2D eigenvalue weighted by Gasteiger charge is -2.37. The van der Waals surface area contributed by atoms with E-state index >= 15 is 0 Å². The van der Waals surface area contributed by atoms with Crippen LogP contribution in [0, 0.1) is 18.8 Å². The van der Waals surface area contributed by atoms with Crippen LogP contribution in [0.25, 0.3) is 5.65 Å². The van der Waals surface area contributed by atoms with Crippen molar-refractivity contribution < 1.29 is 4.74 Å². The summed E-state index contributed by atoms with van der Waals surface area (Å²) in [6.07, 6.45) is 4.35. The number of ether oxygens (including phenoxy) is 1. The Labute approximate surface area is 190 Å². The van der Waals surface area contributed by atoms with E-state index in [1.165, 1.54) is 24.4 Å². The number of piperidine rings is 1. The fourth-order valence-electron chi connectivity index (χ4n) is 4.97. The highest BCUT2D eigenvalue weighted by atomic mass is 32.1. The molecule has 8 nitrogen and oxygen atoms in total. The first-order valence-corrected chi connectivity index (χ1v) is 11.8. The molecule has 6 rings (SSSR count). The van der Waals surface area contributed by atoms with Crippen LogP contribution in [0.15, 0.2) is 48.7 Å². The molecule has 1 unspecified atom stereocenters. The molecule has 0 amide bonds. The summed E-state index contributed by atoms with van der Waals surface area (Å²) in [4.78, 5) is 11.8. The lowest BCUT2D eigenvalue weighted by atomic mass is 9.92. The van der Waals surface area contributed by atoms with E-state index in [-0.39, 0.29) is 0 Å². The molecule has 9 heteroatoms. The predicted octanol–water partition coefficient (Wildman–Crippen LogP) is 3.80. The molecule has 1 aliphatic heterocycles. The average molecular weight is 448 g/mol. The highest BCUT2D eigenvalue weighted by Gasteiger charge is 2.43. The third-order valence-corrected chi connectivity index (χ3v) is 7.35. The Morgan fingerprint density at radius 2 is 1.88 bits per heavy atom. The van der Waals surface area contributed by atoms with Crippen molar-refractivity contribution in [1.29, 1.82) is 0 Å². The minimum absolute atomic E-state index is 0.381. The van der Waals surface area contributed by atoms with Gasteiger partial charge in [-0.05, 0) is 49.3 Å². The number of aromatic nitrogens is 5. The Morgan fingerprint density at radius 1 is 1.06 bits per heavy atom. The van der Waals surface area contributed by atoms with Gasteiger partial charge in [-0.2, -0.15) is 9.36 Å². The zero-order valence-corrected chi connectivity index (χ0v) is 18.7. The molecular formula is C23H25N7OS. The van der Waals surface area contributed by atoms with Gasteiger partial charge < -0.3 is 15.0 Å². The van der Waals surface area contributed by atoms with Crippen LogP contribution in [0.2, 0.25) is 0 Å². The number of benzene rings is 1.